The number of nitrogens with one attached hydrogen (secondary N) is 2. The Hall–Kier alpha value is -3.55. The Kier molecular flexibility index (Phi) is 8.08. The molecule has 0 spiro atoms. The first-order chi connectivity index (χ1) is 15.6. The van der Waals surface area contributed by atoms with Crippen LogP contribution in [0.25, 0.3) is 22.4 Å². The molecule has 1 heterocycles. The van der Waals surface area contributed by atoms with Crippen molar-refractivity contribution in [2.75, 3.05) is 5.73 Å². The molecule has 1 amide bonds. The molecule has 32 heavy (non-hydrogen) atoms. The lowest BCUT2D eigenvalue weighted by atomic mass is 10.0. The Morgan fingerprint density at radius 1 is 0.969 bits per heavy atom. The highest BCUT2D eigenvalue weighted by Crippen LogP contribution is 2.22. The summed E-state index contributed by atoms with van der Waals surface area (Å²) in [6.45, 7) is 2.53. The third-order valence-corrected chi connectivity index (χ3v) is 5.15. The highest BCUT2D eigenvalue weighted by atomic mass is 32.1. The molecule has 0 fully saturated rings. The first-order valence-corrected chi connectivity index (χ1v) is 10.7. The van der Waals surface area contributed by atoms with Crippen LogP contribution in [0.5, 0.6) is 0 Å². The van der Waals surface area contributed by atoms with Gasteiger partial charge in [0.25, 0.3) is 0 Å². The number of thiol groups is 1. The van der Waals surface area contributed by atoms with E-state index in [9.17, 15) is 4.79 Å². The number of imidazole rings is 1. The summed E-state index contributed by atoms with van der Waals surface area (Å²) in [7, 11) is 0. The Bertz CT molecular complexity index is 1160. The van der Waals surface area contributed by atoms with Crippen molar-refractivity contribution in [3.63, 3.8) is 0 Å². The molecule has 6 N–H and O–H groups in total. The van der Waals surface area contributed by atoms with Gasteiger partial charge in [0, 0.05) is 6.54 Å². The second-order valence-electron chi connectivity index (χ2n) is 7.34. The van der Waals surface area contributed by atoms with E-state index in [0.29, 0.717) is 18.9 Å². The van der Waals surface area contributed by atoms with Gasteiger partial charge < -0.3 is 16.0 Å². The van der Waals surface area contributed by atoms with Crippen molar-refractivity contribution in [1.29, 1.82) is 0 Å². The zero-order valence-electron chi connectivity index (χ0n) is 17.9. The highest BCUT2D eigenvalue weighted by Gasteiger charge is 2.08. The van der Waals surface area contributed by atoms with Crippen LogP contribution in [0.2, 0.25) is 0 Å². The van der Waals surface area contributed by atoms with E-state index in [1.54, 1.807) is 6.20 Å². The zero-order valence-corrected chi connectivity index (χ0v) is 18.8. The van der Waals surface area contributed by atoms with Crippen LogP contribution in [0, 0.1) is 6.92 Å². The van der Waals surface area contributed by atoms with E-state index in [4.69, 9.17) is 5.73 Å². The number of hydrogen-bond donors (Lipinski definition) is 5. The number of carbonyl (C=O) groups excluding carboxylic acids is 1. The molecule has 1 aromatic heterocycles. The number of anilines is 1. The van der Waals surface area contributed by atoms with Gasteiger partial charge in [0.2, 0.25) is 5.91 Å². The second kappa shape index (κ2) is 11.2. The number of amides is 1. The summed E-state index contributed by atoms with van der Waals surface area (Å²) in [5.74, 6) is 0.406. The maximum Gasteiger partial charge on any atom is 0.224 e. The third-order valence-electron chi connectivity index (χ3n) is 5.15. The normalized spacial score (nSPS) is 10.2. The van der Waals surface area contributed by atoms with Crippen LogP contribution < -0.4 is 16.2 Å². The molecule has 0 atom stereocenters. The van der Waals surface area contributed by atoms with Crippen molar-refractivity contribution in [1.82, 2.24) is 15.3 Å². The average molecular weight is 446 g/mol. The topological polar surface area (TPSA) is 110 Å². The number of nitrogens with two attached hydrogens (primary N) is 2. The summed E-state index contributed by atoms with van der Waals surface area (Å²) in [5, 5.41) is 7.21. The molecule has 0 radical (unpaired) electrons. The second-order valence-corrected chi connectivity index (χ2v) is 7.34. The molecule has 164 valence electrons. The van der Waals surface area contributed by atoms with E-state index in [1.807, 2.05) is 49.4 Å². The fraction of sp³-hybridized carbons (Fsp3) is 0.120. The van der Waals surface area contributed by atoms with Gasteiger partial charge >= 0.3 is 0 Å². The van der Waals surface area contributed by atoms with Gasteiger partial charge in [-0.05, 0) is 46.4 Å². The zero-order chi connectivity index (χ0) is 22.9. The standard InChI is InChI=1S/C25H24N4O.H3NS/c1-17-13-21(23-16-28-25(26)29-23)11-12-22(17)15-27-24(30)14-18-7-9-20(10-8-18)19-5-3-2-4-6-19;1-2/h2-13,16H,14-15H2,1H3,(H,27,30)(H3,26,28,29);2H,1H2. The number of nitrogens with zero attached hydrogens (tertiary/aromatic N) is 1. The van der Waals surface area contributed by atoms with E-state index < -0.39 is 0 Å². The SMILES string of the molecule is Cc1cc(-c2cnc(N)[nH]2)ccc1CNC(=O)Cc1ccc(-c2ccccc2)cc1.NS. The number of aromatic nitrogens is 2. The molecule has 0 saturated heterocycles. The quantitative estimate of drug-likeness (QED) is 0.285. The van der Waals surface area contributed by atoms with Gasteiger partial charge in [-0.3, -0.25) is 9.93 Å². The summed E-state index contributed by atoms with van der Waals surface area (Å²) in [5.41, 5.74) is 13.1. The predicted molar refractivity (Wildman–Crippen MR) is 134 cm³/mol. The van der Waals surface area contributed by atoms with Crippen molar-refractivity contribution in [2.45, 2.75) is 19.9 Å². The molecule has 0 aliphatic heterocycles. The molecular weight excluding hydrogens is 418 g/mol. The van der Waals surface area contributed by atoms with Crippen LogP contribution in [-0.4, -0.2) is 15.9 Å². The van der Waals surface area contributed by atoms with Crippen molar-refractivity contribution >= 4 is 24.7 Å². The maximum atomic E-state index is 12.4. The number of hydrogen-bond acceptors (Lipinski definition) is 5. The van der Waals surface area contributed by atoms with Gasteiger partial charge in [-0.15, -0.1) is 12.8 Å². The lowest BCUT2D eigenvalue weighted by Crippen LogP contribution is -2.24. The van der Waals surface area contributed by atoms with Crippen LogP contribution >= 0.6 is 12.8 Å². The minimum atomic E-state index is 0.00674. The number of rotatable bonds is 6. The number of aryl methyl sites for hydroxylation is 1. The van der Waals surface area contributed by atoms with E-state index in [2.05, 4.69) is 63.6 Å². The first-order valence-electron chi connectivity index (χ1n) is 10.2. The molecule has 0 bridgehead atoms. The smallest absolute Gasteiger partial charge is 0.224 e. The Balaban J connectivity index is 0.00000141. The summed E-state index contributed by atoms with van der Waals surface area (Å²) in [4.78, 5) is 19.5. The van der Waals surface area contributed by atoms with Crippen LogP contribution in [0.3, 0.4) is 0 Å². The third kappa shape index (κ3) is 6.00. The molecule has 4 rings (SSSR count). The van der Waals surface area contributed by atoms with Crippen molar-refractivity contribution < 1.29 is 4.79 Å². The molecule has 3 aromatic carbocycles. The predicted octanol–water partition coefficient (Wildman–Crippen LogP) is 4.28. The van der Waals surface area contributed by atoms with Crippen molar-refractivity contribution in [3.05, 3.63) is 95.7 Å². The average Bonchev–Trinajstić information content (AvgIpc) is 3.27. The van der Waals surface area contributed by atoms with Crippen LogP contribution in [0.1, 0.15) is 16.7 Å². The van der Waals surface area contributed by atoms with E-state index in [0.717, 1.165) is 33.5 Å². The monoisotopic (exact) mass is 445 g/mol. The number of carbonyl (C=O) groups is 1. The first kappa shape index (κ1) is 23.1. The maximum absolute atomic E-state index is 12.4. The Morgan fingerprint density at radius 2 is 1.62 bits per heavy atom. The molecule has 0 unspecified atom stereocenters. The van der Waals surface area contributed by atoms with Gasteiger partial charge in [-0.1, -0.05) is 66.7 Å². The lowest BCUT2D eigenvalue weighted by Gasteiger charge is -2.10. The fourth-order valence-corrected chi connectivity index (χ4v) is 3.43. The Morgan fingerprint density at radius 3 is 2.25 bits per heavy atom. The van der Waals surface area contributed by atoms with Crippen molar-refractivity contribution in [2.24, 2.45) is 5.14 Å². The molecule has 0 saturated carbocycles. The molecule has 7 heteroatoms. The van der Waals surface area contributed by atoms with Crippen molar-refractivity contribution in [3.8, 4) is 22.4 Å². The summed E-state index contributed by atoms with van der Waals surface area (Å²) in [6.07, 6.45) is 2.08. The van der Waals surface area contributed by atoms with Gasteiger partial charge in [0.05, 0.1) is 18.3 Å². The summed E-state index contributed by atoms with van der Waals surface area (Å²) in [6, 6.07) is 24.4. The Labute approximate surface area is 193 Å². The highest BCUT2D eigenvalue weighted by molar-refractivity contribution is 7.77. The summed E-state index contributed by atoms with van der Waals surface area (Å²) < 4.78 is 0. The minimum absolute atomic E-state index is 0.00674. The van der Waals surface area contributed by atoms with Crippen LogP contribution in [-0.2, 0) is 17.8 Å². The minimum Gasteiger partial charge on any atom is -0.369 e. The molecular formula is C25H27N5OS. The number of nitrogen functional groups attached to an aromatic ring is 1. The number of benzene rings is 3. The summed E-state index contributed by atoms with van der Waals surface area (Å²) >= 11 is 3.03. The number of aromatic amines is 1. The van der Waals surface area contributed by atoms with Gasteiger partial charge in [0.15, 0.2) is 5.95 Å². The van der Waals surface area contributed by atoms with Crippen LogP contribution in [0.15, 0.2) is 79.0 Å². The van der Waals surface area contributed by atoms with E-state index in [1.165, 1.54) is 5.56 Å². The van der Waals surface area contributed by atoms with Gasteiger partial charge in [-0.25, -0.2) is 4.98 Å². The lowest BCUT2D eigenvalue weighted by molar-refractivity contribution is -0.120. The fourth-order valence-electron chi connectivity index (χ4n) is 3.43. The largest absolute Gasteiger partial charge is 0.369 e. The van der Waals surface area contributed by atoms with E-state index >= 15 is 0 Å². The number of H-pyrrole nitrogens is 1. The van der Waals surface area contributed by atoms with Crippen LogP contribution in [0.4, 0.5) is 5.95 Å². The molecule has 6 nitrogen and oxygen atoms in total. The molecule has 4 aromatic rings. The molecule has 0 aliphatic carbocycles. The van der Waals surface area contributed by atoms with Gasteiger partial charge in [0.1, 0.15) is 0 Å². The molecule has 0 aliphatic rings. The van der Waals surface area contributed by atoms with Gasteiger partial charge in [-0.2, -0.15) is 0 Å². The van der Waals surface area contributed by atoms with E-state index in [-0.39, 0.29) is 5.91 Å².